The summed E-state index contributed by atoms with van der Waals surface area (Å²) in [6, 6.07) is 39.8. The van der Waals surface area contributed by atoms with Crippen LogP contribution >= 0.6 is 0 Å². The van der Waals surface area contributed by atoms with Crippen molar-refractivity contribution < 1.29 is 0 Å². The molecule has 0 spiro atoms. The predicted octanol–water partition coefficient (Wildman–Crippen LogP) is 8.05. The first-order valence-corrected chi connectivity index (χ1v) is 13.0. The Morgan fingerprint density at radius 1 is 0.571 bits per heavy atom. The van der Waals surface area contributed by atoms with Gasteiger partial charge in [-0.15, -0.1) is 0 Å². The fourth-order valence-electron chi connectivity index (χ4n) is 5.76. The van der Waals surface area contributed by atoms with Crippen molar-refractivity contribution in [3.8, 4) is 0 Å². The molecule has 0 aliphatic carbocycles. The fraction of sp³-hybridized carbons (Fsp3) is 0.273. The first-order valence-electron chi connectivity index (χ1n) is 13.0. The van der Waals surface area contributed by atoms with Gasteiger partial charge in [0.1, 0.15) is 6.17 Å². The zero-order chi connectivity index (χ0) is 24.2. The number of anilines is 2. The van der Waals surface area contributed by atoms with E-state index in [9.17, 15) is 0 Å². The Bertz CT molecular complexity index is 1140. The van der Waals surface area contributed by atoms with E-state index in [-0.39, 0.29) is 0 Å². The zero-order valence-corrected chi connectivity index (χ0v) is 21.1. The van der Waals surface area contributed by atoms with Crippen molar-refractivity contribution in [3.63, 3.8) is 0 Å². The summed E-state index contributed by atoms with van der Waals surface area (Å²) >= 11 is 0. The van der Waals surface area contributed by atoms with Crippen molar-refractivity contribution >= 4 is 11.4 Å². The molecule has 0 N–H and O–H groups in total. The monoisotopic (exact) mass is 460 g/mol. The van der Waals surface area contributed by atoms with Crippen LogP contribution in [-0.2, 0) is 0 Å². The Kier molecular flexibility index (Phi) is 6.90. The van der Waals surface area contributed by atoms with Gasteiger partial charge in [-0.05, 0) is 40.8 Å². The fourth-order valence-corrected chi connectivity index (χ4v) is 5.76. The Labute approximate surface area is 210 Å². The van der Waals surface area contributed by atoms with Crippen LogP contribution < -0.4 is 9.80 Å². The maximum atomic E-state index is 2.64. The molecule has 2 atom stereocenters. The first-order chi connectivity index (χ1) is 17.2. The van der Waals surface area contributed by atoms with Gasteiger partial charge < -0.3 is 9.80 Å². The standard InChI is InChI=1S/C33H36N2/c1-4-33-34(31-21-13-11-19-29(31)25(2)27-15-7-5-8-16-27)23-24-35(33)32-22-14-12-20-30(32)26(3)28-17-9-6-10-18-28/h5-22,25-26,33H,4,23-24H2,1-3H3. The van der Waals surface area contributed by atoms with Gasteiger partial charge >= 0.3 is 0 Å². The second kappa shape index (κ2) is 10.4. The summed E-state index contributed by atoms with van der Waals surface area (Å²) in [6.07, 6.45) is 1.41. The summed E-state index contributed by atoms with van der Waals surface area (Å²) in [5, 5.41) is 0. The molecule has 1 aliphatic rings. The molecule has 1 aliphatic heterocycles. The van der Waals surface area contributed by atoms with Gasteiger partial charge in [-0.1, -0.05) is 118 Å². The summed E-state index contributed by atoms with van der Waals surface area (Å²) in [5.41, 5.74) is 8.28. The van der Waals surface area contributed by atoms with E-state index in [4.69, 9.17) is 0 Å². The van der Waals surface area contributed by atoms with Gasteiger partial charge in [0.05, 0.1) is 0 Å². The van der Waals surface area contributed by atoms with Crippen molar-refractivity contribution in [2.45, 2.75) is 45.2 Å². The van der Waals surface area contributed by atoms with Gasteiger partial charge in [0.2, 0.25) is 0 Å². The van der Waals surface area contributed by atoms with Crippen LogP contribution in [0.15, 0.2) is 109 Å². The minimum Gasteiger partial charge on any atom is -0.349 e. The van der Waals surface area contributed by atoms with E-state index in [1.165, 1.54) is 33.6 Å². The minimum atomic E-state index is 0.336. The van der Waals surface area contributed by atoms with Crippen molar-refractivity contribution in [3.05, 3.63) is 131 Å². The molecule has 1 fully saturated rings. The molecule has 2 unspecified atom stereocenters. The minimum absolute atomic E-state index is 0.336. The Balaban J connectivity index is 1.49. The Morgan fingerprint density at radius 3 is 1.34 bits per heavy atom. The number of para-hydroxylation sites is 2. The molecule has 0 amide bonds. The normalized spacial score (nSPS) is 17.4. The summed E-state index contributed by atoms with van der Waals surface area (Å²) in [5.74, 6) is 0.702. The summed E-state index contributed by atoms with van der Waals surface area (Å²) < 4.78 is 0. The highest BCUT2D eigenvalue weighted by atomic mass is 15.4. The lowest BCUT2D eigenvalue weighted by Crippen LogP contribution is -2.39. The van der Waals surface area contributed by atoms with Crippen molar-refractivity contribution in [1.29, 1.82) is 0 Å². The number of hydrogen-bond acceptors (Lipinski definition) is 2. The van der Waals surface area contributed by atoms with Crippen LogP contribution in [0.5, 0.6) is 0 Å². The molecule has 4 aromatic rings. The lowest BCUT2D eigenvalue weighted by molar-refractivity contribution is 0.639. The largest absolute Gasteiger partial charge is 0.349 e. The average molecular weight is 461 g/mol. The van der Waals surface area contributed by atoms with Crippen molar-refractivity contribution in [2.24, 2.45) is 0 Å². The average Bonchev–Trinajstić information content (AvgIpc) is 3.37. The van der Waals surface area contributed by atoms with E-state index in [0.29, 0.717) is 18.0 Å². The maximum absolute atomic E-state index is 2.64. The van der Waals surface area contributed by atoms with Crippen LogP contribution in [0, 0.1) is 0 Å². The van der Waals surface area contributed by atoms with E-state index in [0.717, 1.165) is 19.5 Å². The molecule has 2 heteroatoms. The Morgan fingerprint density at radius 2 is 0.943 bits per heavy atom. The number of benzene rings is 4. The third-order valence-corrected chi connectivity index (χ3v) is 7.69. The second-order valence-corrected chi connectivity index (χ2v) is 9.66. The van der Waals surface area contributed by atoms with Crippen LogP contribution in [0.1, 0.15) is 61.3 Å². The molecule has 1 heterocycles. The molecule has 2 nitrogen and oxygen atoms in total. The SMILES string of the molecule is CCC1N(c2ccccc2C(C)c2ccccc2)CCN1c1ccccc1C(C)c1ccccc1. The smallest absolute Gasteiger partial charge is 0.101 e. The number of nitrogens with zero attached hydrogens (tertiary/aromatic N) is 2. The van der Waals surface area contributed by atoms with E-state index in [1.54, 1.807) is 0 Å². The molecule has 4 aromatic carbocycles. The molecule has 0 saturated carbocycles. The molecule has 35 heavy (non-hydrogen) atoms. The summed E-state index contributed by atoms with van der Waals surface area (Å²) in [4.78, 5) is 5.28. The van der Waals surface area contributed by atoms with Crippen LogP contribution in [0.3, 0.4) is 0 Å². The van der Waals surface area contributed by atoms with Crippen molar-refractivity contribution in [2.75, 3.05) is 22.9 Å². The quantitative estimate of drug-likeness (QED) is 0.275. The highest BCUT2D eigenvalue weighted by molar-refractivity contribution is 5.65. The van der Waals surface area contributed by atoms with Gasteiger partial charge in [-0.3, -0.25) is 0 Å². The lowest BCUT2D eigenvalue weighted by Gasteiger charge is -2.35. The van der Waals surface area contributed by atoms with Gasteiger partial charge in [0.25, 0.3) is 0 Å². The van der Waals surface area contributed by atoms with Crippen LogP contribution in [0.25, 0.3) is 0 Å². The second-order valence-electron chi connectivity index (χ2n) is 9.66. The van der Waals surface area contributed by atoms with Gasteiger partial charge in [-0.25, -0.2) is 0 Å². The third kappa shape index (κ3) is 4.58. The van der Waals surface area contributed by atoms with Crippen LogP contribution in [-0.4, -0.2) is 19.3 Å². The van der Waals surface area contributed by atoms with Gasteiger partial charge in [0.15, 0.2) is 0 Å². The van der Waals surface area contributed by atoms with Crippen molar-refractivity contribution in [1.82, 2.24) is 0 Å². The highest BCUT2D eigenvalue weighted by Crippen LogP contribution is 2.39. The third-order valence-electron chi connectivity index (χ3n) is 7.69. The van der Waals surface area contributed by atoms with E-state index >= 15 is 0 Å². The molecule has 5 rings (SSSR count). The summed E-state index contributed by atoms with van der Waals surface area (Å²) in [6.45, 7) is 9.05. The maximum Gasteiger partial charge on any atom is 0.101 e. The van der Waals surface area contributed by atoms with Crippen LogP contribution in [0.2, 0.25) is 0 Å². The molecule has 178 valence electrons. The molecule has 0 aromatic heterocycles. The number of rotatable bonds is 7. The van der Waals surface area contributed by atoms with Gasteiger partial charge in [-0.2, -0.15) is 0 Å². The first kappa shape index (κ1) is 23.2. The molecular weight excluding hydrogens is 424 g/mol. The van der Waals surface area contributed by atoms with Gasteiger partial charge in [0, 0.05) is 36.3 Å². The Hall–Kier alpha value is -3.52. The lowest BCUT2D eigenvalue weighted by atomic mass is 9.91. The molecule has 0 radical (unpaired) electrons. The molecule has 0 bridgehead atoms. The van der Waals surface area contributed by atoms with Crippen LogP contribution in [0.4, 0.5) is 11.4 Å². The van der Waals surface area contributed by atoms with E-state index in [2.05, 4.69) is 140 Å². The zero-order valence-electron chi connectivity index (χ0n) is 21.1. The summed E-state index contributed by atoms with van der Waals surface area (Å²) in [7, 11) is 0. The molecular formula is C33H36N2. The number of hydrogen-bond donors (Lipinski definition) is 0. The van der Waals surface area contributed by atoms with E-state index in [1.807, 2.05) is 0 Å². The highest BCUT2D eigenvalue weighted by Gasteiger charge is 2.34. The topological polar surface area (TPSA) is 6.48 Å². The van der Waals surface area contributed by atoms with E-state index < -0.39 is 0 Å². The molecule has 1 saturated heterocycles. The predicted molar refractivity (Wildman–Crippen MR) is 150 cm³/mol.